The van der Waals surface area contributed by atoms with Crippen LogP contribution in [-0.4, -0.2) is 216 Å². The highest BCUT2D eigenvalue weighted by atomic mass is 16.6. The fraction of sp³-hybridized carbons (Fsp3) is 0.821. The molecular weight excluding hydrogens is 1260 g/mol. The second kappa shape index (κ2) is 43.1. The minimum Gasteiger partial charge on any atom is -0.459 e. The summed E-state index contributed by atoms with van der Waals surface area (Å²) in [5.41, 5.74) is 1.41. The van der Waals surface area contributed by atoms with Crippen molar-refractivity contribution >= 4 is 11.9 Å². The minimum absolute atomic E-state index is 0.00955. The van der Waals surface area contributed by atoms with Gasteiger partial charge in [0, 0.05) is 108 Å². The number of methoxy groups -OCH3 is 4. The number of aliphatic hydroxyl groups excluding tert-OH is 8. The lowest BCUT2D eigenvalue weighted by Crippen LogP contribution is -2.45. The van der Waals surface area contributed by atoms with Crippen molar-refractivity contribution in [2.45, 2.75) is 333 Å². The molecule has 0 aromatic rings. The van der Waals surface area contributed by atoms with Crippen LogP contribution in [0.1, 0.15) is 199 Å². The van der Waals surface area contributed by atoms with Gasteiger partial charge in [0.05, 0.1) is 122 Å². The minimum atomic E-state index is -1.14. The summed E-state index contributed by atoms with van der Waals surface area (Å²) >= 11 is 0. The Morgan fingerprint density at radius 3 is 1.41 bits per heavy atom. The van der Waals surface area contributed by atoms with Gasteiger partial charge in [-0.15, -0.1) is 0 Å². The van der Waals surface area contributed by atoms with E-state index in [-0.39, 0.29) is 99.2 Å². The van der Waals surface area contributed by atoms with Crippen molar-refractivity contribution in [2.75, 3.05) is 28.4 Å². The van der Waals surface area contributed by atoms with Gasteiger partial charge in [-0.2, -0.15) is 0 Å². The summed E-state index contributed by atoms with van der Waals surface area (Å²) < 4.78 is 61.4. The first kappa shape index (κ1) is 85.4. The van der Waals surface area contributed by atoms with Crippen LogP contribution in [0.3, 0.4) is 0 Å². The molecule has 2 saturated heterocycles. The number of esters is 2. The van der Waals surface area contributed by atoms with Gasteiger partial charge in [-0.05, 0) is 123 Å². The number of carbonyl (C=O) groups is 2. The number of allylic oxidation sites excluding steroid dienone is 4. The number of fused-ring (bicyclic) bond motifs is 4. The molecule has 564 valence electrons. The molecule has 5 heterocycles. The number of ether oxygens (including phenoxy) is 10. The van der Waals surface area contributed by atoms with Crippen LogP contribution in [0.15, 0.2) is 71.9 Å². The molecule has 5 aliphatic rings. The van der Waals surface area contributed by atoms with Crippen molar-refractivity contribution in [3.8, 4) is 0 Å². The normalized spacial score (nSPS) is 41.1. The molecular formula is C78H132O20. The monoisotopic (exact) mass is 1390 g/mol. The van der Waals surface area contributed by atoms with E-state index in [1.165, 1.54) is 12.2 Å². The second-order valence-corrected chi connectivity index (χ2v) is 30.3. The molecule has 0 radical (unpaired) electrons. The summed E-state index contributed by atoms with van der Waals surface area (Å²) in [6.07, 6.45) is 14.3. The van der Waals surface area contributed by atoms with Crippen LogP contribution in [0.4, 0.5) is 0 Å². The number of cyclic esters (lactones) is 2. The first-order valence-corrected chi connectivity index (χ1v) is 37.1. The van der Waals surface area contributed by atoms with Crippen molar-refractivity contribution in [3.63, 3.8) is 0 Å². The van der Waals surface area contributed by atoms with Crippen molar-refractivity contribution in [2.24, 2.45) is 47.3 Å². The third kappa shape index (κ3) is 28.1. The Morgan fingerprint density at radius 1 is 0.490 bits per heavy atom. The molecule has 8 N–H and O–H groups in total. The van der Waals surface area contributed by atoms with E-state index < -0.39 is 133 Å². The summed E-state index contributed by atoms with van der Waals surface area (Å²) in [6, 6.07) is 0. The Morgan fingerprint density at radius 2 is 0.939 bits per heavy atom. The van der Waals surface area contributed by atoms with E-state index in [2.05, 4.69) is 0 Å². The maximum atomic E-state index is 13.9. The zero-order valence-corrected chi connectivity index (χ0v) is 62.3. The second-order valence-electron chi connectivity index (χ2n) is 30.3. The zero-order valence-electron chi connectivity index (χ0n) is 62.3. The average Bonchev–Trinajstić information content (AvgIpc) is 0.848. The molecule has 20 nitrogen and oxygen atoms in total. The first-order chi connectivity index (χ1) is 46.4. The van der Waals surface area contributed by atoms with Gasteiger partial charge in [0.25, 0.3) is 0 Å². The van der Waals surface area contributed by atoms with Crippen molar-refractivity contribution in [1.82, 2.24) is 0 Å². The number of hydrogen-bond acceptors (Lipinski definition) is 20. The van der Waals surface area contributed by atoms with Crippen LogP contribution in [0.2, 0.25) is 0 Å². The standard InChI is InChI=1S/C78H132O20/c1-45-23-29-57(79)37-59-19-17-21-61(95-59)41-70(91-15)51(7)67(81)43-68(82)53(9)76(87)56(12)78(48(4)28-32-64-40-66(90-14)36-50(6)94-64)98-74(85)34-26-46(2)24-30-58(80)38-60-20-18-22-62(96-60)42-71(92-16)52(8)69(83)44-72(97-73(84)33-25-45)54(10)77(88)55(11)75(86)47(3)27-31-63-39-65(89-13)35-49(5)93-63/h17-20,23-26,33-34,47-72,75-83,86-88H,21-22,27-32,35-44H2,1-16H3/b33-25+,34-26+,45-23+,46-24+/t47-,48-,49-,50-,51-,52+,53-,54-,55-,56+,57-,58+,59-,60-,61-,62-,63-,64-,65+,66+,67+,68-,69-,70-,71-,72+,75-,76+,77-,78-/m0/s1. The van der Waals surface area contributed by atoms with Crippen molar-refractivity contribution in [3.05, 3.63) is 71.9 Å². The molecule has 98 heavy (non-hydrogen) atoms. The summed E-state index contributed by atoms with van der Waals surface area (Å²) in [7, 11) is 6.59. The predicted octanol–water partition coefficient (Wildman–Crippen LogP) is 10.1. The van der Waals surface area contributed by atoms with Crippen molar-refractivity contribution in [1.29, 1.82) is 0 Å². The number of hydrogen-bond donors (Lipinski definition) is 8. The fourth-order valence-electron chi connectivity index (χ4n) is 15.3. The fourth-order valence-corrected chi connectivity index (χ4v) is 15.3. The Balaban J connectivity index is 1.37. The highest BCUT2D eigenvalue weighted by Gasteiger charge is 2.42. The van der Waals surface area contributed by atoms with E-state index in [4.69, 9.17) is 47.4 Å². The lowest BCUT2D eigenvalue weighted by molar-refractivity contribution is -0.155. The van der Waals surface area contributed by atoms with E-state index >= 15 is 0 Å². The number of aliphatic hydroxyl groups is 8. The first-order valence-electron chi connectivity index (χ1n) is 37.1. The number of carbonyl (C=O) groups excluding carboxylic acids is 2. The molecule has 30 atom stereocenters. The Hall–Kier alpha value is -3.26. The van der Waals surface area contributed by atoms with Gasteiger partial charge < -0.3 is 88.2 Å². The molecule has 0 aromatic heterocycles. The molecule has 4 bridgehead atoms. The Kier molecular flexibility index (Phi) is 37.6. The summed E-state index contributed by atoms with van der Waals surface area (Å²) in [4.78, 5) is 27.7. The van der Waals surface area contributed by atoms with Gasteiger partial charge in [0.2, 0.25) is 0 Å². The van der Waals surface area contributed by atoms with Crippen LogP contribution < -0.4 is 0 Å². The smallest absolute Gasteiger partial charge is 0.331 e. The maximum absolute atomic E-state index is 13.9. The van der Waals surface area contributed by atoms with Gasteiger partial charge in [-0.25, -0.2) is 9.59 Å². The summed E-state index contributed by atoms with van der Waals surface area (Å²) in [6.45, 7) is 22.5. The van der Waals surface area contributed by atoms with Crippen LogP contribution >= 0.6 is 0 Å². The molecule has 5 rings (SSSR count). The molecule has 0 saturated carbocycles. The Bertz CT molecular complexity index is 2480. The molecule has 0 aromatic carbocycles. The van der Waals surface area contributed by atoms with Gasteiger partial charge in [0.15, 0.2) is 0 Å². The van der Waals surface area contributed by atoms with E-state index in [9.17, 15) is 50.4 Å². The average molecular weight is 1390 g/mol. The molecule has 0 unspecified atom stereocenters. The Labute approximate surface area is 587 Å². The van der Waals surface area contributed by atoms with E-state index in [1.807, 2.05) is 98.8 Å². The van der Waals surface area contributed by atoms with Crippen LogP contribution in [0.5, 0.6) is 0 Å². The van der Waals surface area contributed by atoms with Gasteiger partial charge >= 0.3 is 11.9 Å². The van der Waals surface area contributed by atoms with Gasteiger partial charge in [-0.3, -0.25) is 0 Å². The van der Waals surface area contributed by atoms with Crippen LogP contribution in [-0.2, 0) is 57.0 Å². The lowest BCUT2D eigenvalue weighted by Gasteiger charge is -2.38. The quantitative estimate of drug-likeness (QED) is 0.0527. The highest BCUT2D eigenvalue weighted by Crippen LogP contribution is 2.37. The zero-order chi connectivity index (χ0) is 72.5. The van der Waals surface area contributed by atoms with E-state index in [0.717, 1.165) is 37.7 Å². The van der Waals surface area contributed by atoms with Crippen molar-refractivity contribution < 1.29 is 97.8 Å². The molecule has 5 aliphatic heterocycles. The van der Waals surface area contributed by atoms with E-state index in [1.54, 1.807) is 61.4 Å². The topological polar surface area (TPSA) is 288 Å². The molecule has 0 amide bonds. The van der Waals surface area contributed by atoms with Gasteiger partial charge in [-0.1, -0.05) is 115 Å². The molecule has 20 heteroatoms. The summed E-state index contributed by atoms with van der Waals surface area (Å²) in [5, 5.41) is 94.1. The molecule has 2 fully saturated rings. The number of rotatable bonds is 16. The van der Waals surface area contributed by atoms with Crippen LogP contribution in [0, 0.1) is 47.3 Å². The van der Waals surface area contributed by atoms with Gasteiger partial charge in [0.1, 0.15) is 12.2 Å². The largest absolute Gasteiger partial charge is 0.459 e. The summed E-state index contributed by atoms with van der Waals surface area (Å²) in [5.74, 6) is -5.42. The molecule has 0 spiro atoms. The third-order valence-corrected chi connectivity index (χ3v) is 22.3. The van der Waals surface area contributed by atoms with E-state index in [0.29, 0.717) is 50.5 Å². The maximum Gasteiger partial charge on any atom is 0.331 e. The van der Waals surface area contributed by atoms with Crippen LogP contribution in [0.25, 0.3) is 0 Å². The SMILES string of the molecule is CO[C@H]1C[C@H](CC[C@H](C)[C@H](O)[C@H](C)[C@@H](O)[C@@H](C)[C@H]2C[C@H](O)[C@@H](C)[C@@H](OC)C[C@@H]3CC=C[C@@H](C[C@H](O)C/C=C(C)/C=C/C(=O)O[C@@H]([C@@H](C)CC[C@H]4C[C@H](OC)C[C@H](C)O4)[C@H](C)[C@H](O)[C@@H](C)[C@@H](O)C[C@@H](O)[C@H](C)[C@@H](OC)C[C@@H]4CC=C[C@@H](C[C@@H](O)C/C=C(C)/C=C/C(=O)O2)O4)O3)O[C@@H](C)C1. The lowest BCUT2D eigenvalue weighted by atomic mass is 9.79. The third-order valence-electron chi connectivity index (χ3n) is 22.3. The highest BCUT2D eigenvalue weighted by molar-refractivity contribution is 5.83. The molecule has 0 aliphatic carbocycles. The predicted molar refractivity (Wildman–Crippen MR) is 377 cm³/mol.